The molecule has 17 nitrogen and oxygen atoms in total. The molecule has 9 atom stereocenters. The molecule has 254 valence electrons. The van der Waals surface area contributed by atoms with Crippen LogP contribution in [0.4, 0.5) is 8.78 Å². The highest BCUT2D eigenvalue weighted by Crippen LogP contribution is 2.41. The monoisotopic (exact) mass is 656 g/mol. The third kappa shape index (κ3) is 10.6. The van der Waals surface area contributed by atoms with Crippen molar-refractivity contribution in [3.05, 3.63) is 0 Å². The van der Waals surface area contributed by atoms with Crippen molar-refractivity contribution in [2.75, 3.05) is 13.2 Å². The summed E-state index contributed by atoms with van der Waals surface area (Å²) in [5, 5.41) is 0. The van der Waals surface area contributed by atoms with Crippen LogP contribution in [-0.2, 0) is 80.9 Å². The van der Waals surface area contributed by atoms with Gasteiger partial charge in [0.05, 0.1) is 0 Å². The van der Waals surface area contributed by atoms with E-state index in [9.17, 15) is 33.6 Å². The van der Waals surface area contributed by atoms with Crippen LogP contribution in [0, 0.1) is 0 Å². The Morgan fingerprint density at radius 3 is 1.40 bits per heavy atom. The maximum Gasteiger partial charge on any atom is 0.347 e. The van der Waals surface area contributed by atoms with E-state index in [1.165, 1.54) is 0 Å². The predicted molar refractivity (Wildman–Crippen MR) is 134 cm³/mol. The van der Waals surface area contributed by atoms with Crippen molar-refractivity contribution < 1.29 is 89.7 Å². The Bertz CT molecular complexity index is 1140. The van der Waals surface area contributed by atoms with Gasteiger partial charge in [-0.05, 0) is 0 Å². The van der Waals surface area contributed by atoms with E-state index in [-0.39, 0.29) is 0 Å². The Hall–Kier alpha value is -3.97. The molecule has 19 heteroatoms. The zero-order chi connectivity index (χ0) is 34.2. The molecule has 2 rings (SSSR count). The molecule has 2 aliphatic heterocycles. The molecule has 0 aliphatic carbocycles. The number of hydrogen-bond acceptors (Lipinski definition) is 17. The smallest absolute Gasteiger partial charge is 0.347 e. The SMILES string of the molecule is CC(=O)OC[C@H]1O[C@H](OC(C)=O)C(F)(F)[C@@H](OC(C)=O)[C@@H]1O[C@H]1O[C@H](COC(C)=O)[C@@H](OC(C)=O)[C@H](OC(C)=O)[C@H]1OC(C)=O. The van der Waals surface area contributed by atoms with E-state index in [0.717, 1.165) is 48.5 Å². The highest BCUT2D eigenvalue weighted by atomic mass is 19.3. The van der Waals surface area contributed by atoms with Crippen molar-refractivity contribution in [3.63, 3.8) is 0 Å². The highest BCUT2D eigenvalue weighted by molar-refractivity contribution is 5.69. The summed E-state index contributed by atoms with van der Waals surface area (Å²) in [6.07, 6.45) is -18.0. The average Bonchev–Trinajstić information content (AvgIpc) is 2.88. The van der Waals surface area contributed by atoms with Crippen molar-refractivity contribution in [3.8, 4) is 0 Å². The largest absolute Gasteiger partial charge is 0.463 e. The number of alkyl halides is 2. The molecule has 0 spiro atoms. The number of ether oxygens (including phenoxy) is 10. The van der Waals surface area contributed by atoms with Gasteiger partial charge < -0.3 is 47.4 Å². The second kappa shape index (κ2) is 15.8. The van der Waals surface area contributed by atoms with Gasteiger partial charge in [0.25, 0.3) is 6.29 Å². The number of carbonyl (C=O) groups excluding carboxylic acids is 7. The summed E-state index contributed by atoms with van der Waals surface area (Å²) in [5.41, 5.74) is 0. The molecule has 0 unspecified atom stereocenters. The van der Waals surface area contributed by atoms with Crippen LogP contribution in [0.2, 0.25) is 0 Å². The number of esters is 7. The second-order valence-corrected chi connectivity index (χ2v) is 9.79. The molecule has 2 saturated heterocycles. The Labute approximate surface area is 254 Å². The lowest BCUT2D eigenvalue weighted by Gasteiger charge is -2.48. The van der Waals surface area contributed by atoms with E-state index in [4.69, 9.17) is 42.6 Å². The first kappa shape index (κ1) is 37.2. The standard InChI is InChI=1S/C26H34F2O17/c1-10(29)36-8-17-19(38-12(3)31)21(39-13(4)32)22(40-14(5)33)24(43-17)45-20-18(9-37-11(2)30)44-25(42-16(7)35)26(27,28)23(20)41-15(6)34/h17-25H,8-9H2,1-7H3/t17-,18-,19-,20-,21+,22-,23+,24-,25+/m1/s1. The van der Waals surface area contributed by atoms with Gasteiger partial charge in [-0.25, -0.2) is 0 Å². The highest BCUT2D eigenvalue weighted by Gasteiger charge is 2.64. The molecule has 2 heterocycles. The maximum atomic E-state index is 15.7. The number of hydrogen-bond donors (Lipinski definition) is 0. The molecule has 0 bridgehead atoms. The zero-order valence-electron chi connectivity index (χ0n) is 25.3. The first-order valence-corrected chi connectivity index (χ1v) is 13.3. The first-order chi connectivity index (χ1) is 20.8. The normalized spacial score (nSPS) is 30.6. The summed E-state index contributed by atoms with van der Waals surface area (Å²) in [7, 11) is 0. The molecule has 0 aromatic rings. The molecule has 0 radical (unpaired) electrons. The Morgan fingerprint density at radius 2 is 0.956 bits per heavy atom. The van der Waals surface area contributed by atoms with Crippen LogP contribution in [0.15, 0.2) is 0 Å². The van der Waals surface area contributed by atoms with Crippen molar-refractivity contribution in [1.29, 1.82) is 0 Å². The molecular weight excluding hydrogens is 622 g/mol. The minimum atomic E-state index is -4.31. The second-order valence-electron chi connectivity index (χ2n) is 9.79. The molecule has 0 aromatic carbocycles. The Balaban J connectivity index is 2.69. The molecule has 2 aliphatic rings. The van der Waals surface area contributed by atoms with E-state index in [0.29, 0.717) is 0 Å². The third-order valence-electron chi connectivity index (χ3n) is 5.91. The quantitative estimate of drug-likeness (QED) is 0.209. The topological polar surface area (TPSA) is 212 Å². The van der Waals surface area contributed by atoms with Crippen LogP contribution in [0.3, 0.4) is 0 Å². The third-order valence-corrected chi connectivity index (χ3v) is 5.91. The summed E-state index contributed by atoms with van der Waals surface area (Å²) >= 11 is 0. The summed E-state index contributed by atoms with van der Waals surface area (Å²) in [5.74, 6) is -11.4. The van der Waals surface area contributed by atoms with Gasteiger partial charge in [-0.1, -0.05) is 0 Å². The summed E-state index contributed by atoms with van der Waals surface area (Å²) in [6, 6.07) is 0. The van der Waals surface area contributed by atoms with Gasteiger partial charge in [0, 0.05) is 48.5 Å². The van der Waals surface area contributed by atoms with Gasteiger partial charge in [0.15, 0.2) is 24.6 Å². The van der Waals surface area contributed by atoms with Crippen molar-refractivity contribution >= 4 is 41.8 Å². The molecule has 2 fully saturated rings. The Kier molecular flexibility index (Phi) is 13.1. The summed E-state index contributed by atoms with van der Waals surface area (Å²) in [4.78, 5) is 82.9. The molecule has 0 saturated carbocycles. The minimum Gasteiger partial charge on any atom is -0.463 e. The molecule has 45 heavy (non-hydrogen) atoms. The summed E-state index contributed by atoms with van der Waals surface area (Å²) in [6.45, 7) is 5.00. The zero-order valence-corrected chi connectivity index (χ0v) is 25.3. The number of carbonyl (C=O) groups is 7. The molecular formula is C26H34F2O17. The van der Waals surface area contributed by atoms with Crippen LogP contribution < -0.4 is 0 Å². The molecule has 0 aromatic heterocycles. The fraction of sp³-hybridized carbons (Fsp3) is 0.731. The van der Waals surface area contributed by atoms with Crippen LogP contribution in [-0.4, -0.2) is 116 Å². The average molecular weight is 657 g/mol. The van der Waals surface area contributed by atoms with E-state index in [2.05, 4.69) is 4.74 Å². The summed E-state index contributed by atoms with van der Waals surface area (Å²) < 4.78 is 83.4. The Morgan fingerprint density at radius 1 is 0.533 bits per heavy atom. The van der Waals surface area contributed by atoms with Crippen LogP contribution >= 0.6 is 0 Å². The predicted octanol–water partition coefficient (Wildman–Crippen LogP) is -0.127. The van der Waals surface area contributed by atoms with Gasteiger partial charge in [-0.2, -0.15) is 8.78 Å². The van der Waals surface area contributed by atoms with Gasteiger partial charge in [0.2, 0.25) is 6.10 Å². The van der Waals surface area contributed by atoms with Crippen molar-refractivity contribution in [1.82, 2.24) is 0 Å². The van der Waals surface area contributed by atoms with Crippen LogP contribution in [0.5, 0.6) is 0 Å². The lowest BCUT2D eigenvalue weighted by atomic mass is 9.95. The lowest BCUT2D eigenvalue weighted by molar-refractivity contribution is -0.384. The molecule has 0 amide bonds. The van der Waals surface area contributed by atoms with Gasteiger partial charge in [-0.15, -0.1) is 0 Å². The van der Waals surface area contributed by atoms with Gasteiger partial charge >= 0.3 is 47.7 Å². The molecule has 0 N–H and O–H groups in total. The first-order valence-electron chi connectivity index (χ1n) is 13.3. The van der Waals surface area contributed by atoms with E-state index < -0.39 is 116 Å². The van der Waals surface area contributed by atoms with Crippen LogP contribution in [0.1, 0.15) is 48.5 Å². The van der Waals surface area contributed by atoms with Crippen molar-refractivity contribution in [2.24, 2.45) is 0 Å². The van der Waals surface area contributed by atoms with E-state index in [1.54, 1.807) is 0 Å². The fourth-order valence-electron chi connectivity index (χ4n) is 4.40. The van der Waals surface area contributed by atoms with Crippen molar-refractivity contribution in [2.45, 2.75) is 110 Å². The maximum absolute atomic E-state index is 15.7. The van der Waals surface area contributed by atoms with Gasteiger partial charge in [-0.3, -0.25) is 33.6 Å². The fourth-order valence-corrected chi connectivity index (χ4v) is 4.40. The number of rotatable bonds is 11. The van der Waals surface area contributed by atoms with E-state index in [1.807, 2.05) is 0 Å². The number of halogens is 2. The van der Waals surface area contributed by atoms with E-state index >= 15 is 8.78 Å². The van der Waals surface area contributed by atoms with Crippen LogP contribution in [0.25, 0.3) is 0 Å². The van der Waals surface area contributed by atoms with Gasteiger partial charge in [0.1, 0.15) is 31.5 Å². The lowest BCUT2D eigenvalue weighted by Crippen LogP contribution is -2.68. The minimum absolute atomic E-state index is 0.673.